The molecule has 1 N–H and O–H groups in total. The van der Waals surface area contributed by atoms with Crippen LogP contribution in [0.3, 0.4) is 0 Å². The van der Waals surface area contributed by atoms with Crippen LogP contribution in [0.15, 0.2) is 42.9 Å². The fourth-order valence-electron chi connectivity index (χ4n) is 2.55. The zero-order chi connectivity index (χ0) is 17.6. The average molecular weight is 336 g/mol. The van der Waals surface area contributed by atoms with Crippen LogP contribution in [0.1, 0.15) is 35.4 Å². The van der Waals surface area contributed by atoms with Gasteiger partial charge >= 0.3 is 0 Å². The molecule has 0 spiro atoms. The van der Waals surface area contributed by atoms with Crippen LogP contribution >= 0.6 is 0 Å². The largest absolute Gasteiger partial charge is 0.345 e. The summed E-state index contributed by atoms with van der Waals surface area (Å²) in [6.45, 7) is 5.02. The van der Waals surface area contributed by atoms with E-state index in [4.69, 9.17) is 0 Å². The molecule has 0 saturated heterocycles. The molecule has 1 amide bonds. The molecule has 0 atom stereocenters. The maximum absolute atomic E-state index is 12.7. The predicted octanol–water partition coefficient (Wildman–Crippen LogP) is 2.38. The van der Waals surface area contributed by atoms with Crippen LogP contribution in [0, 0.1) is 6.92 Å². The standard InChI is InChI=1S/C18H20N6O/c1-3-9-24-12-21-23-16(24)11-20-18(25)15-10-19-13(2)22-17(15)14-7-5-4-6-8-14/h4-8,10,12H,3,9,11H2,1-2H3,(H,20,25). The van der Waals surface area contributed by atoms with Crippen molar-refractivity contribution in [2.75, 3.05) is 0 Å². The summed E-state index contributed by atoms with van der Waals surface area (Å²) in [6, 6.07) is 9.62. The molecule has 128 valence electrons. The van der Waals surface area contributed by atoms with Crippen molar-refractivity contribution < 1.29 is 4.79 Å². The van der Waals surface area contributed by atoms with Crippen molar-refractivity contribution in [2.24, 2.45) is 0 Å². The maximum atomic E-state index is 12.7. The third-order valence-electron chi connectivity index (χ3n) is 3.77. The highest BCUT2D eigenvalue weighted by Gasteiger charge is 2.16. The van der Waals surface area contributed by atoms with E-state index in [0.29, 0.717) is 23.6 Å². The highest BCUT2D eigenvalue weighted by atomic mass is 16.1. The maximum Gasteiger partial charge on any atom is 0.255 e. The fourth-order valence-corrected chi connectivity index (χ4v) is 2.55. The Kier molecular flexibility index (Phi) is 5.13. The van der Waals surface area contributed by atoms with Gasteiger partial charge in [-0.05, 0) is 13.3 Å². The second-order valence-electron chi connectivity index (χ2n) is 5.67. The molecule has 0 bridgehead atoms. The second kappa shape index (κ2) is 7.65. The van der Waals surface area contributed by atoms with E-state index >= 15 is 0 Å². The van der Waals surface area contributed by atoms with E-state index in [9.17, 15) is 4.79 Å². The molecule has 0 radical (unpaired) electrons. The molecule has 7 nitrogen and oxygen atoms in total. The molecule has 0 unspecified atom stereocenters. The van der Waals surface area contributed by atoms with Gasteiger partial charge in [-0.25, -0.2) is 9.97 Å². The minimum Gasteiger partial charge on any atom is -0.345 e. The lowest BCUT2D eigenvalue weighted by Crippen LogP contribution is -2.26. The number of rotatable bonds is 6. The Morgan fingerprint density at radius 3 is 2.80 bits per heavy atom. The van der Waals surface area contributed by atoms with E-state index in [-0.39, 0.29) is 5.91 Å². The third-order valence-corrected chi connectivity index (χ3v) is 3.77. The average Bonchev–Trinajstić information content (AvgIpc) is 3.08. The van der Waals surface area contributed by atoms with Crippen molar-refractivity contribution in [1.29, 1.82) is 0 Å². The Morgan fingerprint density at radius 2 is 2.04 bits per heavy atom. The van der Waals surface area contributed by atoms with E-state index in [1.807, 2.05) is 34.9 Å². The van der Waals surface area contributed by atoms with Gasteiger partial charge in [-0.2, -0.15) is 0 Å². The van der Waals surface area contributed by atoms with Crippen molar-refractivity contribution in [2.45, 2.75) is 33.4 Å². The molecule has 0 saturated carbocycles. The molecule has 1 aromatic carbocycles. The zero-order valence-electron chi connectivity index (χ0n) is 14.3. The normalized spacial score (nSPS) is 10.6. The quantitative estimate of drug-likeness (QED) is 0.747. The highest BCUT2D eigenvalue weighted by Crippen LogP contribution is 2.20. The lowest BCUT2D eigenvalue weighted by Gasteiger charge is -2.10. The van der Waals surface area contributed by atoms with Crippen molar-refractivity contribution in [3.8, 4) is 11.3 Å². The van der Waals surface area contributed by atoms with Gasteiger partial charge < -0.3 is 9.88 Å². The van der Waals surface area contributed by atoms with Gasteiger partial charge in [0, 0.05) is 18.3 Å². The molecule has 3 aromatic rings. The van der Waals surface area contributed by atoms with Gasteiger partial charge in [0.15, 0.2) is 5.82 Å². The molecular formula is C18H20N6O. The Hall–Kier alpha value is -3.09. The van der Waals surface area contributed by atoms with Gasteiger partial charge in [0.1, 0.15) is 12.2 Å². The molecule has 3 rings (SSSR count). The number of aromatic nitrogens is 5. The first-order chi connectivity index (χ1) is 12.2. The number of aryl methyl sites for hydroxylation is 2. The number of benzene rings is 1. The van der Waals surface area contributed by atoms with E-state index in [1.54, 1.807) is 19.4 Å². The number of carbonyl (C=O) groups excluding carboxylic acids is 1. The number of carbonyl (C=O) groups is 1. The fraction of sp³-hybridized carbons (Fsp3) is 0.278. The smallest absolute Gasteiger partial charge is 0.255 e. The monoisotopic (exact) mass is 336 g/mol. The lowest BCUT2D eigenvalue weighted by atomic mass is 10.1. The first kappa shape index (κ1) is 16.8. The Balaban J connectivity index is 1.82. The van der Waals surface area contributed by atoms with E-state index in [2.05, 4.69) is 32.4 Å². The SMILES string of the molecule is CCCn1cnnc1CNC(=O)c1cnc(C)nc1-c1ccccc1. The number of hydrogen-bond donors (Lipinski definition) is 1. The molecule has 2 aromatic heterocycles. The van der Waals surface area contributed by atoms with Gasteiger partial charge in [0.2, 0.25) is 0 Å². The lowest BCUT2D eigenvalue weighted by molar-refractivity contribution is 0.0949. The summed E-state index contributed by atoms with van der Waals surface area (Å²) >= 11 is 0. The molecule has 0 aliphatic heterocycles. The number of amides is 1. The highest BCUT2D eigenvalue weighted by molar-refractivity contribution is 5.99. The number of hydrogen-bond acceptors (Lipinski definition) is 5. The first-order valence-electron chi connectivity index (χ1n) is 8.23. The van der Waals surface area contributed by atoms with Crippen LogP contribution in [-0.4, -0.2) is 30.6 Å². The summed E-state index contributed by atoms with van der Waals surface area (Å²) in [5, 5.41) is 10.9. The topological polar surface area (TPSA) is 85.6 Å². The van der Waals surface area contributed by atoms with Crippen LogP contribution in [0.25, 0.3) is 11.3 Å². The van der Waals surface area contributed by atoms with Crippen LogP contribution in [0.4, 0.5) is 0 Å². The minimum atomic E-state index is -0.232. The first-order valence-corrected chi connectivity index (χ1v) is 8.23. The van der Waals surface area contributed by atoms with Crippen LogP contribution < -0.4 is 5.32 Å². The van der Waals surface area contributed by atoms with E-state index in [1.165, 1.54) is 0 Å². The molecule has 0 aliphatic carbocycles. The Morgan fingerprint density at radius 1 is 1.24 bits per heavy atom. The minimum absolute atomic E-state index is 0.232. The number of nitrogens with zero attached hydrogens (tertiary/aromatic N) is 5. The van der Waals surface area contributed by atoms with Crippen molar-refractivity contribution in [3.05, 3.63) is 60.1 Å². The molecule has 0 aliphatic rings. The summed E-state index contributed by atoms with van der Waals surface area (Å²) in [4.78, 5) is 21.3. The summed E-state index contributed by atoms with van der Waals surface area (Å²) in [7, 11) is 0. The van der Waals surface area contributed by atoms with Crippen LogP contribution in [0.2, 0.25) is 0 Å². The summed E-state index contributed by atoms with van der Waals surface area (Å²) in [6.07, 6.45) is 4.22. The van der Waals surface area contributed by atoms with Crippen molar-refractivity contribution >= 4 is 5.91 Å². The Bertz CT molecular complexity index is 859. The van der Waals surface area contributed by atoms with Crippen LogP contribution in [0.5, 0.6) is 0 Å². The molecular weight excluding hydrogens is 316 g/mol. The molecule has 0 fully saturated rings. The van der Waals surface area contributed by atoms with Crippen molar-refractivity contribution in [3.63, 3.8) is 0 Å². The van der Waals surface area contributed by atoms with E-state index < -0.39 is 0 Å². The molecule has 7 heteroatoms. The third kappa shape index (κ3) is 3.88. The summed E-state index contributed by atoms with van der Waals surface area (Å²) in [5.74, 6) is 1.12. The van der Waals surface area contributed by atoms with E-state index in [0.717, 1.165) is 24.4 Å². The van der Waals surface area contributed by atoms with Gasteiger partial charge in [-0.3, -0.25) is 4.79 Å². The molecule has 25 heavy (non-hydrogen) atoms. The van der Waals surface area contributed by atoms with Gasteiger partial charge in [0.25, 0.3) is 5.91 Å². The zero-order valence-corrected chi connectivity index (χ0v) is 14.3. The summed E-state index contributed by atoms with van der Waals surface area (Å²) < 4.78 is 1.93. The number of nitrogens with one attached hydrogen (secondary N) is 1. The van der Waals surface area contributed by atoms with Crippen molar-refractivity contribution in [1.82, 2.24) is 30.0 Å². The van der Waals surface area contributed by atoms with Gasteiger partial charge in [-0.1, -0.05) is 37.3 Å². The Labute approximate surface area is 146 Å². The second-order valence-corrected chi connectivity index (χ2v) is 5.67. The predicted molar refractivity (Wildman–Crippen MR) is 93.7 cm³/mol. The van der Waals surface area contributed by atoms with Gasteiger partial charge in [-0.15, -0.1) is 10.2 Å². The van der Waals surface area contributed by atoms with Crippen LogP contribution in [-0.2, 0) is 13.1 Å². The summed E-state index contributed by atoms with van der Waals surface area (Å²) in [5.41, 5.74) is 1.95. The molecule has 2 heterocycles. The van der Waals surface area contributed by atoms with Gasteiger partial charge in [0.05, 0.1) is 17.8 Å².